The first kappa shape index (κ1) is 15.5. The Labute approximate surface area is 122 Å². The standard InChI is InChI=1S/C17H28N2O/c1-12(16(18)13-8-6-5-7-9-13)11-19-14-10-15(20-4)17(14,2)3/h5-9,12,14-16,19H,10-11,18H2,1-4H3. The third kappa shape index (κ3) is 3.05. The number of ether oxygens (including phenoxy) is 1. The summed E-state index contributed by atoms with van der Waals surface area (Å²) in [4.78, 5) is 0. The van der Waals surface area contributed by atoms with E-state index in [-0.39, 0.29) is 11.5 Å². The van der Waals surface area contributed by atoms with Gasteiger partial charge in [-0.25, -0.2) is 0 Å². The molecule has 112 valence electrons. The van der Waals surface area contributed by atoms with E-state index in [2.05, 4.69) is 38.2 Å². The van der Waals surface area contributed by atoms with Gasteiger partial charge in [0, 0.05) is 24.6 Å². The highest BCUT2D eigenvalue weighted by atomic mass is 16.5. The molecule has 1 aromatic rings. The summed E-state index contributed by atoms with van der Waals surface area (Å²) in [6.07, 6.45) is 1.47. The van der Waals surface area contributed by atoms with E-state index in [1.165, 1.54) is 5.56 Å². The first-order valence-corrected chi connectivity index (χ1v) is 7.53. The SMILES string of the molecule is COC1CC(NCC(C)C(N)c2ccccc2)C1(C)C. The molecule has 1 aliphatic rings. The Kier molecular flexibility index (Phi) is 4.84. The van der Waals surface area contributed by atoms with Crippen molar-refractivity contribution >= 4 is 0 Å². The lowest BCUT2D eigenvalue weighted by molar-refractivity contribution is -0.0981. The smallest absolute Gasteiger partial charge is 0.0652 e. The van der Waals surface area contributed by atoms with E-state index in [1.54, 1.807) is 7.11 Å². The lowest BCUT2D eigenvalue weighted by Crippen LogP contribution is -2.61. The van der Waals surface area contributed by atoms with Crippen molar-refractivity contribution in [1.29, 1.82) is 0 Å². The number of nitrogens with one attached hydrogen (secondary N) is 1. The fourth-order valence-corrected chi connectivity index (χ4v) is 3.09. The quantitative estimate of drug-likeness (QED) is 0.840. The summed E-state index contributed by atoms with van der Waals surface area (Å²) in [5.41, 5.74) is 7.77. The van der Waals surface area contributed by atoms with E-state index in [4.69, 9.17) is 10.5 Å². The van der Waals surface area contributed by atoms with Crippen molar-refractivity contribution in [2.45, 2.75) is 45.4 Å². The molecule has 4 atom stereocenters. The van der Waals surface area contributed by atoms with Gasteiger partial charge in [-0.2, -0.15) is 0 Å². The molecule has 0 bridgehead atoms. The molecule has 0 saturated heterocycles. The van der Waals surface area contributed by atoms with Gasteiger partial charge in [0.15, 0.2) is 0 Å². The van der Waals surface area contributed by atoms with Gasteiger partial charge in [-0.1, -0.05) is 51.1 Å². The lowest BCUT2D eigenvalue weighted by Gasteiger charge is -2.51. The molecule has 0 spiro atoms. The number of benzene rings is 1. The van der Waals surface area contributed by atoms with Crippen LogP contribution in [0, 0.1) is 11.3 Å². The highest BCUT2D eigenvalue weighted by molar-refractivity contribution is 5.19. The minimum atomic E-state index is 0.0881. The third-order valence-electron chi connectivity index (χ3n) is 4.95. The van der Waals surface area contributed by atoms with Crippen LogP contribution in [0.15, 0.2) is 30.3 Å². The van der Waals surface area contributed by atoms with Crippen LogP contribution in [0.5, 0.6) is 0 Å². The molecule has 0 amide bonds. The lowest BCUT2D eigenvalue weighted by atomic mass is 9.64. The molecule has 0 radical (unpaired) electrons. The van der Waals surface area contributed by atoms with Gasteiger partial charge in [0.2, 0.25) is 0 Å². The average molecular weight is 276 g/mol. The van der Waals surface area contributed by atoms with Crippen LogP contribution in [0.3, 0.4) is 0 Å². The first-order valence-electron chi connectivity index (χ1n) is 7.53. The molecule has 1 fully saturated rings. The van der Waals surface area contributed by atoms with E-state index in [9.17, 15) is 0 Å². The van der Waals surface area contributed by atoms with Gasteiger partial charge in [-0.05, 0) is 24.4 Å². The molecule has 1 aliphatic carbocycles. The summed E-state index contributed by atoms with van der Waals surface area (Å²) in [6.45, 7) is 7.69. The minimum Gasteiger partial charge on any atom is -0.381 e. The summed E-state index contributed by atoms with van der Waals surface area (Å²) in [5, 5.41) is 3.66. The summed E-state index contributed by atoms with van der Waals surface area (Å²) in [6, 6.07) is 11.0. The van der Waals surface area contributed by atoms with Gasteiger partial charge in [0.1, 0.15) is 0 Å². The summed E-state index contributed by atoms with van der Waals surface area (Å²) in [5.74, 6) is 0.412. The summed E-state index contributed by atoms with van der Waals surface area (Å²) < 4.78 is 5.49. The molecule has 2 rings (SSSR count). The summed E-state index contributed by atoms with van der Waals surface area (Å²) in [7, 11) is 1.80. The first-order chi connectivity index (χ1) is 9.46. The van der Waals surface area contributed by atoms with Gasteiger partial charge < -0.3 is 15.8 Å². The molecule has 3 nitrogen and oxygen atoms in total. The van der Waals surface area contributed by atoms with Crippen LogP contribution in [0.4, 0.5) is 0 Å². The molecule has 3 heteroatoms. The Morgan fingerprint density at radius 3 is 2.55 bits per heavy atom. The number of methoxy groups -OCH3 is 1. The van der Waals surface area contributed by atoms with Crippen LogP contribution in [0.25, 0.3) is 0 Å². The second kappa shape index (κ2) is 6.25. The zero-order chi connectivity index (χ0) is 14.8. The number of hydrogen-bond donors (Lipinski definition) is 2. The largest absolute Gasteiger partial charge is 0.381 e. The Morgan fingerprint density at radius 1 is 1.35 bits per heavy atom. The predicted octanol–water partition coefficient (Wildman–Crippen LogP) is 2.73. The van der Waals surface area contributed by atoms with Crippen molar-refractivity contribution in [3.8, 4) is 0 Å². The van der Waals surface area contributed by atoms with Crippen molar-refractivity contribution in [3.63, 3.8) is 0 Å². The van der Waals surface area contributed by atoms with Crippen LogP contribution in [0.1, 0.15) is 38.8 Å². The van der Waals surface area contributed by atoms with Gasteiger partial charge in [0.05, 0.1) is 6.10 Å². The maximum absolute atomic E-state index is 6.34. The fraction of sp³-hybridized carbons (Fsp3) is 0.647. The van der Waals surface area contributed by atoms with Crippen molar-refractivity contribution in [1.82, 2.24) is 5.32 Å². The zero-order valence-corrected chi connectivity index (χ0v) is 13.1. The topological polar surface area (TPSA) is 47.3 Å². The second-order valence-corrected chi connectivity index (χ2v) is 6.66. The van der Waals surface area contributed by atoms with E-state index in [1.807, 2.05) is 18.2 Å². The van der Waals surface area contributed by atoms with Gasteiger partial charge in [0.25, 0.3) is 0 Å². The Bertz CT molecular complexity index is 418. The van der Waals surface area contributed by atoms with Crippen LogP contribution in [-0.4, -0.2) is 25.8 Å². The molecule has 1 aromatic carbocycles. The van der Waals surface area contributed by atoms with Gasteiger partial charge in [-0.3, -0.25) is 0 Å². The monoisotopic (exact) mass is 276 g/mol. The maximum Gasteiger partial charge on any atom is 0.0652 e. The van der Waals surface area contributed by atoms with Gasteiger partial charge in [-0.15, -0.1) is 0 Å². The Hall–Kier alpha value is -0.900. The highest BCUT2D eigenvalue weighted by Crippen LogP contribution is 2.42. The molecule has 4 unspecified atom stereocenters. The van der Waals surface area contributed by atoms with E-state index < -0.39 is 0 Å². The molecule has 0 aromatic heterocycles. The van der Waals surface area contributed by atoms with E-state index >= 15 is 0 Å². The van der Waals surface area contributed by atoms with Crippen molar-refractivity contribution < 1.29 is 4.74 Å². The van der Waals surface area contributed by atoms with Crippen LogP contribution < -0.4 is 11.1 Å². The maximum atomic E-state index is 6.34. The van der Waals surface area contributed by atoms with E-state index in [0.717, 1.165) is 13.0 Å². The normalized spacial score (nSPS) is 27.6. The molecule has 20 heavy (non-hydrogen) atoms. The second-order valence-electron chi connectivity index (χ2n) is 6.66. The van der Waals surface area contributed by atoms with Crippen molar-refractivity contribution in [2.24, 2.45) is 17.1 Å². The molecule has 1 saturated carbocycles. The summed E-state index contributed by atoms with van der Waals surface area (Å²) >= 11 is 0. The Morgan fingerprint density at radius 2 is 2.00 bits per heavy atom. The van der Waals surface area contributed by atoms with E-state index in [0.29, 0.717) is 18.1 Å². The Balaban J connectivity index is 1.83. The van der Waals surface area contributed by atoms with Crippen molar-refractivity contribution in [2.75, 3.05) is 13.7 Å². The number of nitrogens with two attached hydrogens (primary N) is 1. The molecular formula is C17H28N2O. The predicted molar refractivity (Wildman–Crippen MR) is 83.5 cm³/mol. The fourth-order valence-electron chi connectivity index (χ4n) is 3.09. The molecular weight excluding hydrogens is 248 g/mol. The molecule has 0 heterocycles. The minimum absolute atomic E-state index is 0.0881. The molecule has 0 aliphatic heterocycles. The van der Waals surface area contributed by atoms with Crippen LogP contribution in [0.2, 0.25) is 0 Å². The zero-order valence-electron chi connectivity index (χ0n) is 13.1. The van der Waals surface area contributed by atoms with Crippen LogP contribution >= 0.6 is 0 Å². The average Bonchev–Trinajstić information content (AvgIpc) is 2.46. The van der Waals surface area contributed by atoms with Gasteiger partial charge >= 0.3 is 0 Å². The van der Waals surface area contributed by atoms with Crippen LogP contribution in [-0.2, 0) is 4.74 Å². The number of hydrogen-bond acceptors (Lipinski definition) is 3. The molecule has 3 N–H and O–H groups in total. The number of rotatable bonds is 6. The third-order valence-corrected chi connectivity index (χ3v) is 4.95. The van der Waals surface area contributed by atoms with Crippen molar-refractivity contribution in [3.05, 3.63) is 35.9 Å². The highest BCUT2D eigenvalue weighted by Gasteiger charge is 2.48.